The van der Waals surface area contributed by atoms with Crippen LogP contribution in [0.2, 0.25) is 0 Å². The van der Waals surface area contributed by atoms with Gasteiger partial charge in [0, 0.05) is 0 Å². The average molecular weight is 246 g/mol. The highest BCUT2D eigenvalue weighted by atomic mass is 16.6. The van der Waals surface area contributed by atoms with E-state index in [-0.39, 0.29) is 5.60 Å². The van der Waals surface area contributed by atoms with Gasteiger partial charge in [-0.05, 0) is 30.9 Å². The molecule has 0 heterocycles. The number of benzene rings is 1. The first kappa shape index (κ1) is 13.3. The third-order valence-corrected chi connectivity index (χ3v) is 3.72. The Bertz CT molecular complexity index is 391. The molecule has 1 aliphatic rings. The van der Waals surface area contributed by atoms with Gasteiger partial charge >= 0.3 is 0 Å². The van der Waals surface area contributed by atoms with Gasteiger partial charge in [-0.2, -0.15) is 0 Å². The molecule has 1 unspecified atom stereocenters. The second kappa shape index (κ2) is 5.68. The van der Waals surface area contributed by atoms with Crippen LogP contribution in [-0.4, -0.2) is 11.4 Å². The van der Waals surface area contributed by atoms with Crippen molar-refractivity contribution in [2.75, 3.05) is 0 Å². The molecule has 0 amide bonds. The summed E-state index contributed by atoms with van der Waals surface area (Å²) in [5, 5.41) is 9.98. The maximum absolute atomic E-state index is 9.98. The fourth-order valence-corrected chi connectivity index (χ4v) is 2.65. The summed E-state index contributed by atoms with van der Waals surface area (Å²) in [6.45, 7) is 5.57. The van der Waals surface area contributed by atoms with Crippen LogP contribution < -0.4 is 0 Å². The Labute approximate surface area is 109 Å². The highest BCUT2D eigenvalue weighted by Gasteiger charge is 2.36. The largest absolute Gasteiger partial charge is 0.364 e. The van der Waals surface area contributed by atoms with Crippen LogP contribution in [0.1, 0.15) is 44.6 Å². The van der Waals surface area contributed by atoms with Crippen LogP contribution in [0, 0.1) is 0 Å². The lowest BCUT2D eigenvalue weighted by Gasteiger charge is -2.39. The molecule has 18 heavy (non-hydrogen) atoms. The number of rotatable bonds is 4. The van der Waals surface area contributed by atoms with Gasteiger partial charge in [0.15, 0.2) is 6.29 Å². The van der Waals surface area contributed by atoms with Crippen LogP contribution >= 0.6 is 0 Å². The van der Waals surface area contributed by atoms with Crippen molar-refractivity contribution in [2.24, 2.45) is 0 Å². The first-order valence-corrected chi connectivity index (χ1v) is 6.71. The summed E-state index contributed by atoms with van der Waals surface area (Å²) in [5.74, 6) is 0. The summed E-state index contributed by atoms with van der Waals surface area (Å²) in [6.07, 6.45) is 4.63. The molecule has 0 bridgehead atoms. The number of hydrogen-bond acceptors (Lipinski definition) is 2. The van der Waals surface area contributed by atoms with Crippen molar-refractivity contribution in [3.63, 3.8) is 0 Å². The zero-order valence-corrected chi connectivity index (χ0v) is 11.1. The molecule has 1 fully saturated rings. The van der Waals surface area contributed by atoms with Crippen molar-refractivity contribution in [2.45, 2.75) is 50.9 Å². The van der Waals surface area contributed by atoms with Crippen molar-refractivity contribution in [1.29, 1.82) is 0 Å². The summed E-state index contributed by atoms with van der Waals surface area (Å²) in [5.41, 5.74) is 1.50. The topological polar surface area (TPSA) is 29.5 Å². The van der Waals surface area contributed by atoms with Gasteiger partial charge in [0.1, 0.15) is 0 Å². The molecule has 1 aliphatic carbocycles. The van der Waals surface area contributed by atoms with Gasteiger partial charge < -0.3 is 9.84 Å². The summed E-state index contributed by atoms with van der Waals surface area (Å²) in [6, 6.07) is 10.3. The molecule has 1 N–H and O–H groups in total. The number of ether oxygens (including phenoxy) is 1. The SMILES string of the molecule is C=C(C)C(O)OC1(c2ccccc2)CCCCC1. The molecule has 0 aromatic heterocycles. The molecule has 1 saturated carbocycles. The first-order chi connectivity index (χ1) is 8.64. The molecule has 0 aliphatic heterocycles. The van der Waals surface area contributed by atoms with Gasteiger partial charge in [-0.25, -0.2) is 0 Å². The fourth-order valence-electron chi connectivity index (χ4n) is 2.65. The lowest BCUT2D eigenvalue weighted by atomic mass is 9.79. The number of aliphatic hydroxyl groups is 1. The van der Waals surface area contributed by atoms with Gasteiger partial charge in [-0.1, -0.05) is 56.2 Å². The molecular formula is C16H22O2. The van der Waals surface area contributed by atoms with E-state index in [9.17, 15) is 5.11 Å². The molecule has 0 saturated heterocycles. The van der Waals surface area contributed by atoms with E-state index in [1.54, 1.807) is 6.92 Å². The third kappa shape index (κ3) is 2.82. The zero-order chi connectivity index (χ0) is 13.0. The molecule has 0 spiro atoms. The maximum Gasteiger partial charge on any atom is 0.177 e. The van der Waals surface area contributed by atoms with Gasteiger partial charge in [0.2, 0.25) is 0 Å². The zero-order valence-electron chi connectivity index (χ0n) is 11.1. The van der Waals surface area contributed by atoms with E-state index < -0.39 is 6.29 Å². The highest BCUT2D eigenvalue weighted by molar-refractivity contribution is 5.23. The normalized spacial score (nSPS) is 20.3. The first-order valence-electron chi connectivity index (χ1n) is 6.71. The smallest absolute Gasteiger partial charge is 0.177 e. The van der Waals surface area contributed by atoms with Crippen molar-refractivity contribution >= 4 is 0 Å². The number of hydrogen-bond donors (Lipinski definition) is 1. The second-order valence-electron chi connectivity index (χ2n) is 5.24. The lowest BCUT2D eigenvalue weighted by Crippen LogP contribution is -2.36. The van der Waals surface area contributed by atoms with E-state index in [4.69, 9.17) is 4.74 Å². The third-order valence-electron chi connectivity index (χ3n) is 3.72. The van der Waals surface area contributed by atoms with E-state index in [0.717, 1.165) is 25.7 Å². The summed E-state index contributed by atoms with van der Waals surface area (Å²) in [7, 11) is 0. The average Bonchev–Trinajstić information content (AvgIpc) is 2.40. The number of aliphatic hydroxyl groups excluding tert-OH is 1. The van der Waals surface area contributed by atoms with E-state index >= 15 is 0 Å². The molecule has 1 aromatic rings. The molecule has 0 radical (unpaired) electrons. The van der Waals surface area contributed by atoms with Gasteiger partial charge in [0.25, 0.3) is 0 Å². The standard InChI is InChI=1S/C16H22O2/c1-13(2)15(17)18-16(11-7-4-8-12-16)14-9-5-3-6-10-14/h3,5-6,9-10,15,17H,1,4,7-8,11-12H2,2H3. The quantitative estimate of drug-likeness (QED) is 0.647. The van der Waals surface area contributed by atoms with Crippen LogP contribution in [0.4, 0.5) is 0 Å². The van der Waals surface area contributed by atoms with E-state index in [2.05, 4.69) is 18.7 Å². The second-order valence-corrected chi connectivity index (χ2v) is 5.24. The fraction of sp³-hybridized carbons (Fsp3) is 0.500. The monoisotopic (exact) mass is 246 g/mol. The molecular weight excluding hydrogens is 224 g/mol. The van der Waals surface area contributed by atoms with Gasteiger partial charge in [-0.15, -0.1) is 0 Å². The summed E-state index contributed by atoms with van der Waals surface area (Å²) < 4.78 is 5.98. The van der Waals surface area contributed by atoms with Crippen molar-refractivity contribution in [3.05, 3.63) is 48.0 Å². The Morgan fingerprint density at radius 2 is 1.83 bits per heavy atom. The molecule has 2 rings (SSSR count). The Morgan fingerprint density at radius 3 is 2.39 bits per heavy atom. The van der Waals surface area contributed by atoms with E-state index in [1.807, 2.05) is 18.2 Å². The van der Waals surface area contributed by atoms with Crippen LogP contribution in [0.5, 0.6) is 0 Å². The Hall–Kier alpha value is -1.12. The lowest BCUT2D eigenvalue weighted by molar-refractivity contribution is -0.184. The Kier molecular flexibility index (Phi) is 4.20. The minimum Gasteiger partial charge on any atom is -0.364 e. The van der Waals surface area contributed by atoms with Crippen LogP contribution in [0.15, 0.2) is 42.5 Å². The molecule has 98 valence electrons. The Morgan fingerprint density at radius 1 is 1.22 bits per heavy atom. The molecule has 2 heteroatoms. The minimum absolute atomic E-state index is 0.335. The van der Waals surface area contributed by atoms with Gasteiger partial charge in [0.05, 0.1) is 5.60 Å². The van der Waals surface area contributed by atoms with E-state index in [1.165, 1.54) is 12.0 Å². The van der Waals surface area contributed by atoms with Crippen molar-refractivity contribution in [1.82, 2.24) is 0 Å². The molecule has 1 aromatic carbocycles. The Balaban J connectivity index is 2.26. The van der Waals surface area contributed by atoms with Crippen LogP contribution in [0.3, 0.4) is 0 Å². The van der Waals surface area contributed by atoms with Crippen LogP contribution in [-0.2, 0) is 10.3 Å². The minimum atomic E-state index is -0.872. The van der Waals surface area contributed by atoms with Crippen LogP contribution in [0.25, 0.3) is 0 Å². The highest BCUT2D eigenvalue weighted by Crippen LogP contribution is 2.41. The van der Waals surface area contributed by atoms with Crippen molar-refractivity contribution in [3.8, 4) is 0 Å². The summed E-state index contributed by atoms with van der Waals surface area (Å²) >= 11 is 0. The molecule has 1 atom stereocenters. The van der Waals surface area contributed by atoms with Crippen molar-refractivity contribution < 1.29 is 9.84 Å². The predicted octanol–water partition coefficient (Wildman–Crippen LogP) is 3.76. The maximum atomic E-state index is 9.98. The van der Waals surface area contributed by atoms with E-state index in [0.29, 0.717) is 5.57 Å². The summed E-state index contributed by atoms with van der Waals surface area (Å²) in [4.78, 5) is 0. The predicted molar refractivity (Wildman–Crippen MR) is 73.1 cm³/mol. The molecule has 2 nitrogen and oxygen atoms in total. The van der Waals surface area contributed by atoms with Gasteiger partial charge in [-0.3, -0.25) is 0 Å².